The predicted molar refractivity (Wildman–Crippen MR) is 70.7 cm³/mol. The van der Waals surface area contributed by atoms with Crippen LogP contribution in [0.1, 0.15) is 58.8 Å². The van der Waals surface area contributed by atoms with Gasteiger partial charge < -0.3 is 14.6 Å². The summed E-state index contributed by atoms with van der Waals surface area (Å²) in [6.07, 6.45) is 10.0. The quantitative estimate of drug-likeness (QED) is 0.815. The van der Waals surface area contributed by atoms with Crippen molar-refractivity contribution < 1.29 is 14.6 Å². The Bertz CT molecular complexity index is 269. The van der Waals surface area contributed by atoms with Gasteiger partial charge in [0.25, 0.3) is 0 Å². The Morgan fingerprint density at radius 1 is 1.22 bits per heavy atom. The van der Waals surface area contributed by atoms with E-state index < -0.39 is 5.60 Å². The molecule has 2 aliphatic rings. The molecule has 3 heteroatoms. The van der Waals surface area contributed by atoms with Gasteiger partial charge in [0.1, 0.15) is 12.5 Å². The summed E-state index contributed by atoms with van der Waals surface area (Å²) in [5.41, 5.74) is -0.483. The van der Waals surface area contributed by atoms with E-state index in [2.05, 4.69) is 13.8 Å². The summed E-state index contributed by atoms with van der Waals surface area (Å²) in [5, 5.41) is 10.6. The Hall–Kier alpha value is -0.700. The van der Waals surface area contributed by atoms with Crippen molar-refractivity contribution in [3.8, 4) is 0 Å². The molecule has 0 atom stereocenters. The first kappa shape index (κ1) is 13.7. The molecule has 1 saturated carbocycles. The molecule has 3 nitrogen and oxygen atoms in total. The lowest BCUT2D eigenvalue weighted by atomic mass is 9.74. The van der Waals surface area contributed by atoms with Crippen molar-refractivity contribution in [1.82, 2.24) is 0 Å². The molecule has 0 aromatic heterocycles. The van der Waals surface area contributed by atoms with Crippen LogP contribution in [0.3, 0.4) is 0 Å². The van der Waals surface area contributed by atoms with Crippen LogP contribution < -0.4 is 0 Å². The number of hydrogen-bond acceptors (Lipinski definition) is 3. The van der Waals surface area contributed by atoms with E-state index >= 15 is 0 Å². The van der Waals surface area contributed by atoms with E-state index in [1.54, 1.807) is 12.5 Å². The van der Waals surface area contributed by atoms with E-state index in [4.69, 9.17) is 9.47 Å². The molecule has 0 spiro atoms. The molecular weight excluding hydrogens is 228 g/mol. The van der Waals surface area contributed by atoms with E-state index in [1.165, 1.54) is 19.3 Å². The van der Waals surface area contributed by atoms with Crippen LogP contribution in [0.4, 0.5) is 0 Å². The van der Waals surface area contributed by atoms with Gasteiger partial charge in [0.15, 0.2) is 0 Å². The number of rotatable bonds is 5. The second-order valence-electron chi connectivity index (χ2n) is 6.31. The monoisotopic (exact) mass is 254 g/mol. The fourth-order valence-corrected chi connectivity index (χ4v) is 3.16. The van der Waals surface area contributed by atoms with Crippen molar-refractivity contribution >= 4 is 0 Å². The standard InChI is InChI=1S/C15H26O3/c1-12(2)11-13-3-6-15(16,7-4-13)8-5-14-17-9-10-18-14/h9-10,12-14,16H,3-8,11H2,1-2H3. The number of hydrogen-bond donors (Lipinski definition) is 1. The van der Waals surface area contributed by atoms with Gasteiger partial charge >= 0.3 is 0 Å². The molecule has 0 amide bonds. The summed E-state index contributed by atoms with van der Waals surface area (Å²) in [6.45, 7) is 4.56. The van der Waals surface area contributed by atoms with Gasteiger partial charge in [-0.1, -0.05) is 13.8 Å². The molecule has 0 bridgehead atoms. The fourth-order valence-electron chi connectivity index (χ4n) is 3.16. The number of aliphatic hydroxyl groups is 1. The van der Waals surface area contributed by atoms with Crippen LogP contribution in [0.25, 0.3) is 0 Å². The Balaban J connectivity index is 1.69. The zero-order valence-corrected chi connectivity index (χ0v) is 11.6. The van der Waals surface area contributed by atoms with E-state index in [0.29, 0.717) is 0 Å². The predicted octanol–water partition coefficient (Wildman–Crippen LogP) is 3.58. The van der Waals surface area contributed by atoms with Crippen LogP contribution >= 0.6 is 0 Å². The van der Waals surface area contributed by atoms with Crippen molar-refractivity contribution in [3.05, 3.63) is 12.5 Å². The summed E-state index contributed by atoms with van der Waals surface area (Å²) < 4.78 is 10.5. The highest BCUT2D eigenvalue weighted by Crippen LogP contribution is 2.38. The van der Waals surface area contributed by atoms with Crippen molar-refractivity contribution in [1.29, 1.82) is 0 Å². The largest absolute Gasteiger partial charge is 0.459 e. The van der Waals surface area contributed by atoms with Crippen molar-refractivity contribution in [2.45, 2.75) is 70.7 Å². The lowest BCUT2D eigenvalue weighted by Crippen LogP contribution is -2.35. The molecule has 1 N–H and O–H groups in total. The maximum atomic E-state index is 10.6. The molecule has 1 heterocycles. The Labute approximate surface area is 110 Å². The second kappa shape index (κ2) is 5.96. The molecule has 0 aromatic rings. The SMILES string of the molecule is CC(C)CC1CCC(O)(CCC2OC=CO2)CC1. The summed E-state index contributed by atoms with van der Waals surface area (Å²) in [5.74, 6) is 1.58. The highest BCUT2D eigenvalue weighted by atomic mass is 16.7. The Kier molecular flexibility index (Phi) is 4.55. The minimum Gasteiger partial charge on any atom is -0.459 e. The molecule has 2 rings (SSSR count). The Morgan fingerprint density at radius 2 is 1.83 bits per heavy atom. The fraction of sp³-hybridized carbons (Fsp3) is 0.867. The maximum Gasteiger partial charge on any atom is 0.239 e. The molecule has 1 fully saturated rings. The van der Waals surface area contributed by atoms with Crippen LogP contribution in [0, 0.1) is 11.8 Å². The summed E-state index contributed by atoms with van der Waals surface area (Å²) in [7, 11) is 0. The van der Waals surface area contributed by atoms with Crippen molar-refractivity contribution in [2.24, 2.45) is 11.8 Å². The summed E-state index contributed by atoms with van der Waals surface area (Å²) in [6, 6.07) is 0. The smallest absolute Gasteiger partial charge is 0.239 e. The topological polar surface area (TPSA) is 38.7 Å². The van der Waals surface area contributed by atoms with Crippen molar-refractivity contribution in [2.75, 3.05) is 0 Å². The molecule has 1 aliphatic carbocycles. The van der Waals surface area contributed by atoms with E-state index in [0.717, 1.165) is 37.5 Å². The molecule has 0 radical (unpaired) electrons. The first-order valence-corrected chi connectivity index (χ1v) is 7.26. The van der Waals surface area contributed by atoms with Gasteiger partial charge in [-0.2, -0.15) is 0 Å². The van der Waals surface area contributed by atoms with Gasteiger partial charge in [-0.25, -0.2) is 0 Å². The third-order valence-corrected chi connectivity index (χ3v) is 4.20. The van der Waals surface area contributed by atoms with Crippen molar-refractivity contribution in [3.63, 3.8) is 0 Å². The van der Waals surface area contributed by atoms with Gasteiger partial charge in [-0.05, 0) is 50.4 Å². The summed E-state index contributed by atoms with van der Waals surface area (Å²) in [4.78, 5) is 0. The molecule has 104 valence electrons. The molecular formula is C15H26O3. The minimum atomic E-state index is -0.483. The number of ether oxygens (including phenoxy) is 2. The lowest BCUT2D eigenvalue weighted by Gasteiger charge is -2.37. The van der Waals surface area contributed by atoms with Gasteiger partial charge in [-0.3, -0.25) is 0 Å². The second-order valence-corrected chi connectivity index (χ2v) is 6.31. The molecule has 0 unspecified atom stereocenters. The lowest BCUT2D eigenvalue weighted by molar-refractivity contribution is -0.0678. The third kappa shape index (κ3) is 3.91. The van der Waals surface area contributed by atoms with Gasteiger partial charge in [0.05, 0.1) is 5.60 Å². The highest BCUT2D eigenvalue weighted by Gasteiger charge is 2.34. The minimum absolute atomic E-state index is 0.178. The van der Waals surface area contributed by atoms with E-state index in [9.17, 15) is 5.11 Å². The zero-order chi connectivity index (χ0) is 13.0. The normalized spacial score (nSPS) is 32.6. The zero-order valence-electron chi connectivity index (χ0n) is 11.6. The van der Waals surface area contributed by atoms with Crippen LogP contribution in [-0.4, -0.2) is 17.0 Å². The van der Waals surface area contributed by atoms with Crippen LogP contribution in [-0.2, 0) is 9.47 Å². The van der Waals surface area contributed by atoms with E-state index in [-0.39, 0.29) is 6.29 Å². The molecule has 0 aromatic carbocycles. The molecule has 1 aliphatic heterocycles. The average Bonchev–Trinajstić information content (AvgIpc) is 2.83. The average molecular weight is 254 g/mol. The highest BCUT2D eigenvalue weighted by molar-refractivity contribution is 4.86. The first-order chi connectivity index (χ1) is 8.57. The summed E-state index contributed by atoms with van der Waals surface area (Å²) >= 11 is 0. The third-order valence-electron chi connectivity index (χ3n) is 4.20. The van der Waals surface area contributed by atoms with Gasteiger partial charge in [-0.15, -0.1) is 0 Å². The Morgan fingerprint density at radius 3 is 2.39 bits per heavy atom. The molecule has 18 heavy (non-hydrogen) atoms. The molecule has 0 saturated heterocycles. The maximum absolute atomic E-state index is 10.6. The van der Waals surface area contributed by atoms with Gasteiger partial charge in [0.2, 0.25) is 6.29 Å². The first-order valence-electron chi connectivity index (χ1n) is 7.26. The van der Waals surface area contributed by atoms with Gasteiger partial charge in [0, 0.05) is 6.42 Å². The van der Waals surface area contributed by atoms with Crippen LogP contribution in [0.15, 0.2) is 12.5 Å². The van der Waals surface area contributed by atoms with Crippen LogP contribution in [0.5, 0.6) is 0 Å². The van der Waals surface area contributed by atoms with Crippen LogP contribution in [0.2, 0.25) is 0 Å². The van der Waals surface area contributed by atoms with E-state index in [1.807, 2.05) is 0 Å².